The maximum Gasteiger partial charge on any atom is 0.320 e. The van der Waals surface area contributed by atoms with Crippen molar-refractivity contribution in [3.63, 3.8) is 0 Å². The van der Waals surface area contributed by atoms with Crippen LogP contribution < -0.4 is 5.73 Å². The molecule has 0 spiro atoms. The van der Waals surface area contributed by atoms with Crippen molar-refractivity contribution in [1.82, 2.24) is 0 Å². The summed E-state index contributed by atoms with van der Waals surface area (Å²) in [7, 11) is 0. The molecule has 1 atom stereocenters. The topological polar surface area (TPSA) is 63.3 Å². The van der Waals surface area contributed by atoms with Crippen LogP contribution in [0.1, 0.15) is 25.7 Å². The Bertz CT molecular complexity index is 119. The molecular weight excluding hydrogens is 210 g/mol. The van der Waals surface area contributed by atoms with Crippen molar-refractivity contribution < 1.29 is 9.90 Å². The molecule has 0 aliphatic rings. The maximum atomic E-state index is 10.2. The van der Waals surface area contributed by atoms with E-state index in [0.29, 0.717) is 6.42 Å². The minimum atomic E-state index is -0.899. The summed E-state index contributed by atoms with van der Waals surface area (Å²) in [5.74, 6) is -0.899. The number of carbonyl (C=O) groups is 1. The van der Waals surface area contributed by atoms with E-state index in [4.69, 9.17) is 10.8 Å². The standard InChI is InChI=1S/C7H14BrNO2/c8-5-3-1-2-4-6(9)7(10)11/h6H,1-5,9H2,(H,10,11)/t6-/m0/s1. The summed E-state index contributed by atoms with van der Waals surface area (Å²) >= 11 is 3.30. The third kappa shape index (κ3) is 6.31. The van der Waals surface area contributed by atoms with Crippen molar-refractivity contribution in [2.45, 2.75) is 31.7 Å². The number of nitrogens with two attached hydrogens (primary N) is 1. The van der Waals surface area contributed by atoms with Gasteiger partial charge in [-0.25, -0.2) is 0 Å². The van der Waals surface area contributed by atoms with E-state index >= 15 is 0 Å². The Balaban J connectivity index is 3.17. The molecule has 0 fully saturated rings. The van der Waals surface area contributed by atoms with Gasteiger partial charge in [0.15, 0.2) is 0 Å². The Labute approximate surface area is 75.1 Å². The summed E-state index contributed by atoms with van der Waals surface area (Å²) in [4.78, 5) is 10.2. The monoisotopic (exact) mass is 223 g/mol. The first-order valence-electron chi connectivity index (χ1n) is 3.73. The third-order valence-electron chi connectivity index (χ3n) is 1.47. The number of aliphatic carboxylic acids is 1. The number of hydrogen-bond donors (Lipinski definition) is 2. The highest BCUT2D eigenvalue weighted by Gasteiger charge is 2.09. The average molecular weight is 224 g/mol. The minimum absolute atomic E-state index is 0.586. The lowest BCUT2D eigenvalue weighted by molar-refractivity contribution is -0.138. The summed E-state index contributed by atoms with van der Waals surface area (Å²) in [6.07, 6.45) is 3.62. The van der Waals surface area contributed by atoms with Gasteiger partial charge in [0, 0.05) is 5.33 Å². The lowest BCUT2D eigenvalue weighted by Crippen LogP contribution is -2.29. The Morgan fingerprint density at radius 3 is 2.55 bits per heavy atom. The number of hydrogen-bond acceptors (Lipinski definition) is 2. The van der Waals surface area contributed by atoms with Gasteiger partial charge in [-0.1, -0.05) is 28.8 Å². The maximum absolute atomic E-state index is 10.2. The zero-order valence-electron chi connectivity index (χ0n) is 6.42. The second-order valence-electron chi connectivity index (χ2n) is 2.48. The van der Waals surface area contributed by atoms with Crippen LogP contribution in [-0.4, -0.2) is 22.4 Å². The number of carboxylic acids is 1. The molecule has 3 N–H and O–H groups in total. The molecule has 4 heteroatoms. The Kier molecular flexibility index (Phi) is 6.56. The van der Waals surface area contributed by atoms with Crippen molar-refractivity contribution in [2.75, 3.05) is 5.33 Å². The molecule has 3 nitrogen and oxygen atoms in total. The summed E-state index contributed by atoms with van der Waals surface area (Å²) in [5.41, 5.74) is 5.29. The summed E-state index contributed by atoms with van der Waals surface area (Å²) in [6, 6.07) is -0.676. The first-order valence-corrected chi connectivity index (χ1v) is 4.85. The van der Waals surface area contributed by atoms with E-state index in [1.54, 1.807) is 0 Å². The molecule has 66 valence electrons. The second kappa shape index (κ2) is 6.61. The Hall–Kier alpha value is -0.0900. The fraction of sp³-hybridized carbons (Fsp3) is 0.857. The quantitative estimate of drug-likeness (QED) is 0.528. The smallest absolute Gasteiger partial charge is 0.320 e. The molecule has 0 aromatic carbocycles. The largest absolute Gasteiger partial charge is 0.480 e. The number of halogens is 1. The summed E-state index contributed by atoms with van der Waals surface area (Å²) < 4.78 is 0. The van der Waals surface area contributed by atoms with Crippen molar-refractivity contribution in [3.05, 3.63) is 0 Å². The van der Waals surface area contributed by atoms with Gasteiger partial charge in [0.05, 0.1) is 0 Å². The lowest BCUT2D eigenvalue weighted by Gasteiger charge is -2.04. The van der Waals surface area contributed by atoms with Crippen molar-refractivity contribution in [1.29, 1.82) is 0 Å². The molecule has 0 aliphatic carbocycles. The van der Waals surface area contributed by atoms with Crippen molar-refractivity contribution in [2.24, 2.45) is 5.73 Å². The molecule has 0 aliphatic heterocycles. The fourth-order valence-electron chi connectivity index (χ4n) is 0.759. The van der Waals surface area contributed by atoms with Gasteiger partial charge in [-0.2, -0.15) is 0 Å². The fourth-order valence-corrected chi connectivity index (χ4v) is 1.16. The first-order chi connectivity index (χ1) is 5.18. The van der Waals surface area contributed by atoms with E-state index in [9.17, 15) is 4.79 Å². The number of alkyl halides is 1. The highest BCUT2D eigenvalue weighted by atomic mass is 79.9. The molecule has 0 unspecified atom stereocenters. The average Bonchev–Trinajstić information content (AvgIpc) is 1.97. The number of unbranched alkanes of at least 4 members (excludes halogenated alkanes) is 2. The molecule has 0 saturated heterocycles. The molecular formula is C7H14BrNO2. The predicted molar refractivity (Wildman–Crippen MR) is 47.9 cm³/mol. The van der Waals surface area contributed by atoms with Crippen LogP contribution >= 0.6 is 15.9 Å². The molecule has 0 bridgehead atoms. The van der Waals surface area contributed by atoms with E-state index < -0.39 is 12.0 Å². The van der Waals surface area contributed by atoms with Gasteiger partial charge in [0.25, 0.3) is 0 Å². The Morgan fingerprint density at radius 1 is 1.45 bits per heavy atom. The third-order valence-corrected chi connectivity index (χ3v) is 2.03. The van der Waals surface area contributed by atoms with E-state index in [0.717, 1.165) is 24.6 Å². The first kappa shape index (κ1) is 10.9. The van der Waals surface area contributed by atoms with Gasteiger partial charge in [-0.05, 0) is 12.8 Å². The van der Waals surface area contributed by atoms with Crippen molar-refractivity contribution in [3.8, 4) is 0 Å². The van der Waals surface area contributed by atoms with Crippen LogP contribution in [-0.2, 0) is 4.79 Å². The van der Waals surface area contributed by atoms with Crippen LogP contribution in [0, 0.1) is 0 Å². The van der Waals surface area contributed by atoms with Crippen molar-refractivity contribution >= 4 is 21.9 Å². The minimum Gasteiger partial charge on any atom is -0.480 e. The molecule has 0 rings (SSSR count). The Morgan fingerprint density at radius 2 is 2.09 bits per heavy atom. The molecule has 0 radical (unpaired) electrons. The summed E-state index contributed by atoms with van der Waals surface area (Å²) in [6.45, 7) is 0. The van der Waals surface area contributed by atoms with Crippen LogP contribution in [0.3, 0.4) is 0 Å². The van der Waals surface area contributed by atoms with Gasteiger partial charge in [0.1, 0.15) is 6.04 Å². The highest BCUT2D eigenvalue weighted by Crippen LogP contribution is 2.03. The summed E-state index contributed by atoms with van der Waals surface area (Å²) in [5, 5.41) is 9.39. The molecule has 11 heavy (non-hydrogen) atoms. The molecule has 0 saturated carbocycles. The lowest BCUT2D eigenvalue weighted by atomic mass is 10.1. The number of carboxylic acid groups (broad SMARTS) is 1. The normalized spacial score (nSPS) is 12.9. The van der Waals surface area contributed by atoms with E-state index in [1.165, 1.54) is 0 Å². The van der Waals surface area contributed by atoms with E-state index in [2.05, 4.69) is 15.9 Å². The molecule has 0 amide bonds. The SMILES string of the molecule is N[C@@H](CCCCCBr)C(=O)O. The second-order valence-corrected chi connectivity index (χ2v) is 3.28. The van der Waals surface area contributed by atoms with Crippen LogP contribution in [0.15, 0.2) is 0 Å². The van der Waals surface area contributed by atoms with Gasteiger partial charge >= 0.3 is 5.97 Å². The molecule has 0 aromatic heterocycles. The zero-order chi connectivity index (χ0) is 8.69. The molecule has 0 heterocycles. The van der Waals surface area contributed by atoms with Crippen LogP contribution in [0.5, 0.6) is 0 Å². The molecule has 0 aromatic rings. The zero-order valence-corrected chi connectivity index (χ0v) is 8.01. The van der Waals surface area contributed by atoms with Crippen LogP contribution in [0.25, 0.3) is 0 Å². The van der Waals surface area contributed by atoms with Crippen LogP contribution in [0.2, 0.25) is 0 Å². The highest BCUT2D eigenvalue weighted by molar-refractivity contribution is 9.09. The van der Waals surface area contributed by atoms with Crippen LogP contribution in [0.4, 0.5) is 0 Å². The van der Waals surface area contributed by atoms with Gasteiger partial charge in [0.2, 0.25) is 0 Å². The predicted octanol–water partition coefficient (Wildman–Crippen LogP) is 1.35. The van der Waals surface area contributed by atoms with E-state index in [1.807, 2.05) is 0 Å². The number of rotatable bonds is 6. The van der Waals surface area contributed by atoms with E-state index in [-0.39, 0.29) is 0 Å². The van der Waals surface area contributed by atoms with Gasteiger partial charge in [-0.15, -0.1) is 0 Å². The van der Waals surface area contributed by atoms with Gasteiger partial charge < -0.3 is 10.8 Å². The van der Waals surface area contributed by atoms with Gasteiger partial charge in [-0.3, -0.25) is 4.79 Å².